The minimum atomic E-state index is -1.35. The largest absolute Gasteiger partial charge is 0.504 e. The predicted octanol–water partition coefficient (Wildman–Crippen LogP) is 2.63. The van der Waals surface area contributed by atoms with Crippen molar-refractivity contribution >= 4 is 8.07 Å². The molecule has 15 heavy (non-hydrogen) atoms. The van der Waals surface area contributed by atoms with E-state index in [-0.39, 0.29) is 5.75 Å². The van der Waals surface area contributed by atoms with Gasteiger partial charge in [-0.2, -0.15) is 0 Å². The fourth-order valence-electron chi connectivity index (χ4n) is 1.02. The molecule has 1 aromatic carbocycles. The van der Waals surface area contributed by atoms with Crippen molar-refractivity contribution in [3.63, 3.8) is 0 Å². The number of aromatic hydroxyl groups is 1. The first-order valence-electron chi connectivity index (χ1n) is 4.82. The van der Waals surface area contributed by atoms with E-state index in [1.807, 2.05) is 0 Å². The third-order valence-corrected chi connectivity index (χ3v) is 2.64. The van der Waals surface area contributed by atoms with Crippen LogP contribution < -0.4 is 4.74 Å². The number of benzene rings is 1. The van der Waals surface area contributed by atoms with Crippen LogP contribution in [0.4, 0.5) is 0 Å². The number of phenols is 1. The average Bonchev–Trinajstić information content (AvgIpc) is 2.15. The Morgan fingerprint density at radius 2 is 1.93 bits per heavy atom. The van der Waals surface area contributed by atoms with E-state index >= 15 is 0 Å². The van der Waals surface area contributed by atoms with E-state index in [1.165, 1.54) is 7.11 Å². The number of hydrogen-bond acceptors (Lipinski definition) is 2. The lowest BCUT2D eigenvalue weighted by molar-refractivity contribution is 0.373. The summed E-state index contributed by atoms with van der Waals surface area (Å²) in [5.74, 6) is 3.73. The van der Waals surface area contributed by atoms with Crippen molar-refractivity contribution in [1.29, 1.82) is 0 Å². The summed E-state index contributed by atoms with van der Waals surface area (Å²) in [4.78, 5) is 0. The van der Waals surface area contributed by atoms with Crippen molar-refractivity contribution in [2.45, 2.75) is 19.6 Å². The van der Waals surface area contributed by atoms with E-state index in [4.69, 9.17) is 4.74 Å². The van der Waals surface area contributed by atoms with Crippen molar-refractivity contribution in [3.05, 3.63) is 23.8 Å². The minimum Gasteiger partial charge on any atom is -0.504 e. The van der Waals surface area contributed by atoms with Gasteiger partial charge < -0.3 is 9.84 Å². The summed E-state index contributed by atoms with van der Waals surface area (Å²) in [7, 11) is 0.187. The summed E-state index contributed by atoms with van der Waals surface area (Å²) in [6.45, 7) is 6.58. The first kappa shape index (κ1) is 11.7. The third kappa shape index (κ3) is 3.68. The Labute approximate surface area is 91.9 Å². The number of rotatable bonds is 1. The zero-order valence-corrected chi connectivity index (χ0v) is 10.6. The highest BCUT2D eigenvalue weighted by molar-refractivity contribution is 6.83. The molecule has 0 fully saturated rings. The molecule has 0 aromatic heterocycles. The Morgan fingerprint density at radius 1 is 1.27 bits per heavy atom. The first-order valence-corrected chi connectivity index (χ1v) is 8.32. The van der Waals surface area contributed by atoms with Crippen LogP contribution in [0.1, 0.15) is 5.56 Å². The van der Waals surface area contributed by atoms with Gasteiger partial charge in [-0.25, -0.2) is 0 Å². The molecule has 0 aliphatic carbocycles. The molecule has 1 rings (SSSR count). The zero-order chi connectivity index (χ0) is 11.5. The lowest BCUT2D eigenvalue weighted by Crippen LogP contribution is -2.16. The van der Waals surface area contributed by atoms with Gasteiger partial charge in [-0.15, -0.1) is 5.54 Å². The first-order chi connectivity index (χ1) is 6.92. The SMILES string of the molecule is COc1cc(C#C[Si](C)(C)C)ccc1O. The molecule has 0 radical (unpaired) electrons. The molecule has 0 aliphatic heterocycles. The summed E-state index contributed by atoms with van der Waals surface area (Å²) < 4.78 is 5.01. The van der Waals surface area contributed by atoms with Gasteiger partial charge in [0, 0.05) is 5.56 Å². The summed E-state index contributed by atoms with van der Waals surface area (Å²) >= 11 is 0. The third-order valence-electron chi connectivity index (χ3n) is 1.76. The number of methoxy groups -OCH3 is 1. The standard InChI is InChI=1S/C12H16O2Si/c1-14-12-9-10(5-6-11(12)13)7-8-15(2,3)4/h5-6,9,13H,1-4H3. The lowest BCUT2D eigenvalue weighted by atomic mass is 10.2. The Hall–Kier alpha value is -1.40. The van der Waals surface area contributed by atoms with Gasteiger partial charge in [0.05, 0.1) is 7.11 Å². The highest BCUT2D eigenvalue weighted by atomic mass is 28.3. The molecule has 0 atom stereocenters. The minimum absolute atomic E-state index is 0.149. The van der Waals surface area contributed by atoms with Crippen molar-refractivity contribution in [2.24, 2.45) is 0 Å². The summed E-state index contributed by atoms with van der Waals surface area (Å²) in [6.07, 6.45) is 0. The molecule has 0 heterocycles. The molecule has 0 aliphatic rings. The highest BCUT2D eigenvalue weighted by Crippen LogP contribution is 2.25. The van der Waals surface area contributed by atoms with E-state index in [1.54, 1.807) is 18.2 Å². The maximum atomic E-state index is 9.40. The van der Waals surface area contributed by atoms with Crippen LogP contribution in [0.2, 0.25) is 19.6 Å². The molecule has 80 valence electrons. The molecule has 3 heteroatoms. The normalized spacial score (nSPS) is 10.4. The average molecular weight is 220 g/mol. The Bertz CT molecular complexity index is 408. The van der Waals surface area contributed by atoms with Crippen LogP contribution in [0.15, 0.2) is 18.2 Å². The van der Waals surface area contributed by atoms with Crippen molar-refractivity contribution in [2.75, 3.05) is 7.11 Å². The van der Waals surface area contributed by atoms with Crippen LogP contribution in [0.5, 0.6) is 11.5 Å². The second kappa shape index (κ2) is 4.41. The van der Waals surface area contributed by atoms with E-state index in [2.05, 4.69) is 31.1 Å². The fourth-order valence-corrected chi connectivity index (χ4v) is 1.53. The van der Waals surface area contributed by atoms with Crippen LogP contribution >= 0.6 is 0 Å². The zero-order valence-electron chi connectivity index (χ0n) is 9.59. The number of hydrogen-bond donors (Lipinski definition) is 1. The quantitative estimate of drug-likeness (QED) is 0.582. The fraction of sp³-hybridized carbons (Fsp3) is 0.333. The second-order valence-electron chi connectivity index (χ2n) is 4.39. The molecular weight excluding hydrogens is 204 g/mol. The molecule has 1 N–H and O–H groups in total. The summed E-state index contributed by atoms with van der Waals surface area (Å²) in [5.41, 5.74) is 4.14. The van der Waals surface area contributed by atoms with Gasteiger partial charge >= 0.3 is 0 Å². The summed E-state index contributed by atoms with van der Waals surface area (Å²) in [5, 5.41) is 9.40. The molecular formula is C12H16O2Si. The number of ether oxygens (including phenoxy) is 1. The Balaban J connectivity index is 3.01. The molecule has 0 amide bonds. The Morgan fingerprint density at radius 3 is 2.47 bits per heavy atom. The molecule has 0 saturated heterocycles. The predicted molar refractivity (Wildman–Crippen MR) is 64.9 cm³/mol. The van der Waals surface area contributed by atoms with Crippen LogP contribution in [-0.2, 0) is 0 Å². The van der Waals surface area contributed by atoms with E-state index in [9.17, 15) is 5.11 Å². The molecule has 0 spiro atoms. The number of phenolic OH excluding ortho intramolecular Hbond substituents is 1. The van der Waals surface area contributed by atoms with E-state index in [0.29, 0.717) is 5.75 Å². The van der Waals surface area contributed by atoms with Gasteiger partial charge in [0.2, 0.25) is 0 Å². The molecule has 2 nitrogen and oxygen atoms in total. The lowest BCUT2D eigenvalue weighted by Gasteiger charge is -2.05. The van der Waals surface area contributed by atoms with Crippen LogP contribution in [0, 0.1) is 11.5 Å². The summed E-state index contributed by atoms with van der Waals surface area (Å²) in [6, 6.07) is 5.15. The Kier molecular flexibility index (Phi) is 3.43. The van der Waals surface area contributed by atoms with E-state index < -0.39 is 8.07 Å². The van der Waals surface area contributed by atoms with Crippen molar-refractivity contribution < 1.29 is 9.84 Å². The van der Waals surface area contributed by atoms with Crippen molar-refractivity contribution in [1.82, 2.24) is 0 Å². The molecule has 0 bridgehead atoms. The topological polar surface area (TPSA) is 29.5 Å². The second-order valence-corrected chi connectivity index (χ2v) is 9.14. The van der Waals surface area contributed by atoms with Gasteiger partial charge in [0.15, 0.2) is 11.5 Å². The maximum absolute atomic E-state index is 9.40. The van der Waals surface area contributed by atoms with E-state index in [0.717, 1.165) is 5.56 Å². The van der Waals surface area contributed by atoms with Gasteiger partial charge in [0.25, 0.3) is 0 Å². The van der Waals surface area contributed by atoms with Gasteiger partial charge in [0.1, 0.15) is 8.07 Å². The monoisotopic (exact) mass is 220 g/mol. The molecule has 1 aromatic rings. The highest BCUT2D eigenvalue weighted by Gasteiger charge is 2.07. The van der Waals surface area contributed by atoms with Crippen LogP contribution in [0.25, 0.3) is 0 Å². The van der Waals surface area contributed by atoms with Crippen LogP contribution in [0.3, 0.4) is 0 Å². The van der Waals surface area contributed by atoms with Gasteiger partial charge in [-0.3, -0.25) is 0 Å². The van der Waals surface area contributed by atoms with Crippen molar-refractivity contribution in [3.8, 4) is 23.0 Å². The molecule has 0 saturated carbocycles. The van der Waals surface area contributed by atoms with Gasteiger partial charge in [-0.1, -0.05) is 25.6 Å². The molecule has 0 unspecified atom stereocenters. The maximum Gasteiger partial charge on any atom is 0.161 e. The van der Waals surface area contributed by atoms with Gasteiger partial charge in [-0.05, 0) is 18.2 Å². The van der Waals surface area contributed by atoms with Crippen LogP contribution in [-0.4, -0.2) is 20.3 Å². The smallest absolute Gasteiger partial charge is 0.161 e.